The molecule has 0 radical (unpaired) electrons. The van der Waals surface area contributed by atoms with Gasteiger partial charge in [0.2, 0.25) is 0 Å². The first kappa shape index (κ1) is 18.2. The zero-order valence-corrected chi connectivity index (χ0v) is 13.0. The Hall–Kier alpha value is -0.790. The summed E-state index contributed by atoms with van der Waals surface area (Å²) in [5, 5.41) is 0. The molecule has 112 valence electrons. The minimum atomic E-state index is -0.0907. The Morgan fingerprint density at radius 3 is 1.95 bits per heavy atom. The van der Waals surface area contributed by atoms with Gasteiger partial charge in [0, 0.05) is 6.42 Å². The van der Waals surface area contributed by atoms with Crippen molar-refractivity contribution in [2.45, 2.75) is 84.0 Å². The summed E-state index contributed by atoms with van der Waals surface area (Å²) in [5.41, 5.74) is 0. The molecule has 0 aromatic rings. The third kappa shape index (κ3) is 15.2. The second-order valence-corrected chi connectivity index (χ2v) is 5.20. The van der Waals surface area contributed by atoms with Crippen molar-refractivity contribution >= 4 is 5.97 Å². The van der Waals surface area contributed by atoms with Gasteiger partial charge < -0.3 is 4.74 Å². The molecule has 0 heterocycles. The first-order valence-corrected chi connectivity index (χ1v) is 8.03. The van der Waals surface area contributed by atoms with Crippen LogP contribution in [-0.4, -0.2) is 13.1 Å². The predicted molar refractivity (Wildman–Crippen MR) is 82.2 cm³/mol. The Morgan fingerprint density at radius 2 is 1.37 bits per heavy atom. The van der Waals surface area contributed by atoms with Gasteiger partial charge in [-0.2, -0.15) is 0 Å². The van der Waals surface area contributed by atoms with Gasteiger partial charge >= 0.3 is 5.97 Å². The van der Waals surface area contributed by atoms with Gasteiger partial charge in [-0.25, -0.2) is 0 Å². The van der Waals surface area contributed by atoms with Gasteiger partial charge in [0.05, 0.1) is 7.11 Å². The van der Waals surface area contributed by atoms with Crippen molar-refractivity contribution in [3.63, 3.8) is 0 Å². The summed E-state index contributed by atoms with van der Waals surface area (Å²) in [4.78, 5) is 10.9. The summed E-state index contributed by atoms with van der Waals surface area (Å²) in [7, 11) is 1.45. The van der Waals surface area contributed by atoms with E-state index in [4.69, 9.17) is 0 Å². The summed E-state index contributed by atoms with van der Waals surface area (Å²) < 4.78 is 4.60. The number of allylic oxidation sites excluding steroid dienone is 2. The van der Waals surface area contributed by atoms with Crippen molar-refractivity contribution in [3.05, 3.63) is 12.2 Å². The van der Waals surface area contributed by atoms with Crippen LogP contribution in [0.25, 0.3) is 0 Å². The van der Waals surface area contributed by atoms with Gasteiger partial charge in [-0.15, -0.1) is 0 Å². The highest BCUT2D eigenvalue weighted by Gasteiger charge is 1.97. The Bertz CT molecular complexity index is 221. The molecular weight excluding hydrogens is 236 g/mol. The van der Waals surface area contributed by atoms with Crippen LogP contribution in [0.3, 0.4) is 0 Å². The van der Waals surface area contributed by atoms with Gasteiger partial charge in [-0.3, -0.25) is 4.79 Å². The lowest BCUT2D eigenvalue weighted by Gasteiger charge is -1.99. The third-order valence-electron chi connectivity index (χ3n) is 3.37. The lowest BCUT2D eigenvalue weighted by molar-refractivity contribution is -0.140. The molecule has 0 bridgehead atoms. The van der Waals surface area contributed by atoms with Crippen LogP contribution in [0.4, 0.5) is 0 Å². The standard InChI is InChI=1S/C17H32O2/c1-3-4-5-6-7-8-9-10-11-12-13-14-15-16-17(18)19-2/h11-12H,3-10,13-16H2,1-2H3. The largest absolute Gasteiger partial charge is 0.469 e. The molecule has 0 amide bonds. The van der Waals surface area contributed by atoms with E-state index < -0.39 is 0 Å². The third-order valence-corrected chi connectivity index (χ3v) is 3.37. The van der Waals surface area contributed by atoms with Crippen LogP contribution in [0.2, 0.25) is 0 Å². The van der Waals surface area contributed by atoms with Crippen LogP contribution in [0.15, 0.2) is 12.2 Å². The second kappa shape index (κ2) is 15.3. The van der Waals surface area contributed by atoms with Crippen molar-refractivity contribution in [3.8, 4) is 0 Å². The molecule has 0 aliphatic rings. The second-order valence-electron chi connectivity index (χ2n) is 5.20. The first-order chi connectivity index (χ1) is 9.31. The van der Waals surface area contributed by atoms with E-state index in [9.17, 15) is 4.79 Å². The number of methoxy groups -OCH3 is 1. The van der Waals surface area contributed by atoms with Gasteiger partial charge in [-0.05, 0) is 32.1 Å². The van der Waals surface area contributed by atoms with Crippen LogP contribution in [0.1, 0.15) is 84.0 Å². The average Bonchev–Trinajstić information content (AvgIpc) is 2.43. The van der Waals surface area contributed by atoms with Gasteiger partial charge in [0.15, 0.2) is 0 Å². The number of ether oxygens (including phenoxy) is 1. The summed E-state index contributed by atoms with van der Waals surface area (Å²) in [6.45, 7) is 2.26. The maximum absolute atomic E-state index is 10.9. The van der Waals surface area contributed by atoms with E-state index in [-0.39, 0.29) is 5.97 Å². The maximum atomic E-state index is 10.9. The molecule has 0 atom stereocenters. The molecule has 2 nitrogen and oxygen atoms in total. The highest BCUT2D eigenvalue weighted by Crippen LogP contribution is 2.09. The molecule has 0 spiro atoms. The fourth-order valence-electron chi connectivity index (χ4n) is 2.09. The zero-order valence-electron chi connectivity index (χ0n) is 13.0. The van der Waals surface area contributed by atoms with E-state index in [0.29, 0.717) is 6.42 Å². The van der Waals surface area contributed by atoms with Crippen molar-refractivity contribution in [2.75, 3.05) is 7.11 Å². The quantitative estimate of drug-likeness (QED) is 0.253. The van der Waals surface area contributed by atoms with E-state index in [0.717, 1.165) is 19.3 Å². The molecule has 0 saturated heterocycles. The van der Waals surface area contributed by atoms with E-state index in [2.05, 4.69) is 23.8 Å². The fraction of sp³-hybridized carbons (Fsp3) is 0.824. The smallest absolute Gasteiger partial charge is 0.305 e. The summed E-state index contributed by atoms with van der Waals surface area (Å²) in [6, 6.07) is 0. The molecule has 0 aromatic heterocycles. The molecule has 19 heavy (non-hydrogen) atoms. The Kier molecular flexibility index (Phi) is 14.6. The zero-order chi connectivity index (χ0) is 14.2. The molecule has 0 unspecified atom stereocenters. The van der Waals surface area contributed by atoms with E-state index in [1.165, 1.54) is 58.5 Å². The van der Waals surface area contributed by atoms with Crippen LogP contribution in [-0.2, 0) is 9.53 Å². The molecule has 0 saturated carbocycles. The van der Waals surface area contributed by atoms with Crippen LogP contribution < -0.4 is 0 Å². The first-order valence-electron chi connectivity index (χ1n) is 8.03. The van der Waals surface area contributed by atoms with Crippen molar-refractivity contribution in [2.24, 2.45) is 0 Å². The molecule has 0 aliphatic heterocycles. The van der Waals surface area contributed by atoms with Crippen LogP contribution in [0.5, 0.6) is 0 Å². The normalized spacial score (nSPS) is 11.1. The van der Waals surface area contributed by atoms with E-state index in [1.807, 2.05) is 0 Å². The van der Waals surface area contributed by atoms with Gasteiger partial charge in [0.25, 0.3) is 0 Å². The van der Waals surface area contributed by atoms with Crippen LogP contribution in [0, 0.1) is 0 Å². The summed E-state index contributed by atoms with van der Waals surface area (Å²) in [6.07, 6.45) is 19.1. The summed E-state index contributed by atoms with van der Waals surface area (Å²) in [5.74, 6) is -0.0907. The molecule has 0 fully saturated rings. The highest BCUT2D eigenvalue weighted by molar-refractivity contribution is 5.68. The Labute approximate surface area is 119 Å². The van der Waals surface area contributed by atoms with Crippen molar-refractivity contribution in [1.29, 1.82) is 0 Å². The van der Waals surface area contributed by atoms with E-state index >= 15 is 0 Å². The summed E-state index contributed by atoms with van der Waals surface area (Å²) >= 11 is 0. The Balaban J connectivity index is 3.11. The van der Waals surface area contributed by atoms with E-state index in [1.54, 1.807) is 0 Å². The van der Waals surface area contributed by atoms with Gasteiger partial charge in [-0.1, -0.05) is 57.6 Å². The monoisotopic (exact) mass is 268 g/mol. The number of unbranched alkanes of at least 4 members (excludes halogenated alkanes) is 9. The lowest BCUT2D eigenvalue weighted by atomic mass is 10.1. The number of hydrogen-bond donors (Lipinski definition) is 0. The highest BCUT2D eigenvalue weighted by atomic mass is 16.5. The minimum Gasteiger partial charge on any atom is -0.469 e. The topological polar surface area (TPSA) is 26.3 Å². The molecule has 0 rings (SSSR count). The number of carbonyl (C=O) groups excluding carboxylic acids is 1. The van der Waals surface area contributed by atoms with Gasteiger partial charge in [0.1, 0.15) is 0 Å². The SMILES string of the molecule is CCCCCCCCCC=CCCCCC(=O)OC. The van der Waals surface area contributed by atoms with Crippen molar-refractivity contribution < 1.29 is 9.53 Å². The number of esters is 1. The predicted octanol–water partition coefficient (Wildman–Crippen LogP) is 5.42. The molecule has 0 N–H and O–H groups in total. The van der Waals surface area contributed by atoms with Crippen molar-refractivity contribution in [1.82, 2.24) is 0 Å². The molecular formula is C17H32O2. The number of hydrogen-bond acceptors (Lipinski definition) is 2. The average molecular weight is 268 g/mol. The molecule has 0 aromatic carbocycles. The Morgan fingerprint density at radius 1 is 0.842 bits per heavy atom. The number of rotatable bonds is 13. The molecule has 2 heteroatoms. The lowest BCUT2D eigenvalue weighted by Crippen LogP contribution is -1.98. The minimum absolute atomic E-state index is 0.0907. The van der Waals surface area contributed by atoms with Crippen LogP contribution >= 0.6 is 0 Å². The maximum Gasteiger partial charge on any atom is 0.305 e. The fourth-order valence-corrected chi connectivity index (χ4v) is 2.09. The number of carbonyl (C=O) groups is 1. The molecule has 0 aliphatic carbocycles.